The van der Waals surface area contributed by atoms with Crippen molar-refractivity contribution < 1.29 is 5.11 Å². The fourth-order valence-electron chi connectivity index (χ4n) is 2.13. The SMILES string of the molecule is OC(c1ccccc1)c1ccc(-c2cncnc2)cc1. The molecule has 3 rings (SSSR count). The van der Waals surface area contributed by atoms with Gasteiger partial charge in [0.2, 0.25) is 0 Å². The van der Waals surface area contributed by atoms with Crippen molar-refractivity contribution >= 4 is 0 Å². The molecule has 1 heterocycles. The highest BCUT2D eigenvalue weighted by molar-refractivity contribution is 5.61. The third-order valence-electron chi connectivity index (χ3n) is 3.24. The van der Waals surface area contributed by atoms with Crippen molar-refractivity contribution in [3.63, 3.8) is 0 Å². The Morgan fingerprint density at radius 3 is 1.95 bits per heavy atom. The second kappa shape index (κ2) is 5.63. The lowest BCUT2D eigenvalue weighted by Gasteiger charge is -2.12. The smallest absolute Gasteiger partial charge is 0.115 e. The minimum Gasteiger partial charge on any atom is -0.384 e. The molecule has 0 aliphatic carbocycles. The summed E-state index contributed by atoms with van der Waals surface area (Å²) in [6, 6.07) is 17.4. The Morgan fingerprint density at radius 1 is 0.700 bits per heavy atom. The molecular formula is C17H14N2O. The molecule has 0 bridgehead atoms. The molecule has 3 nitrogen and oxygen atoms in total. The number of rotatable bonds is 3. The van der Waals surface area contributed by atoms with Crippen LogP contribution in [0.5, 0.6) is 0 Å². The van der Waals surface area contributed by atoms with E-state index >= 15 is 0 Å². The second-order valence-electron chi connectivity index (χ2n) is 4.56. The Balaban J connectivity index is 1.87. The van der Waals surface area contributed by atoms with E-state index in [-0.39, 0.29) is 0 Å². The predicted octanol–water partition coefficient (Wildman–Crippen LogP) is 3.23. The third-order valence-corrected chi connectivity index (χ3v) is 3.24. The summed E-state index contributed by atoms with van der Waals surface area (Å²) >= 11 is 0. The first kappa shape index (κ1) is 12.5. The van der Waals surface area contributed by atoms with Gasteiger partial charge in [-0.3, -0.25) is 0 Å². The summed E-state index contributed by atoms with van der Waals surface area (Å²) in [6.07, 6.45) is 4.46. The Labute approximate surface area is 117 Å². The Kier molecular flexibility index (Phi) is 3.52. The van der Waals surface area contributed by atoms with E-state index in [2.05, 4.69) is 9.97 Å². The van der Waals surface area contributed by atoms with Crippen molar-refractivity contribution in [3.8, 4) is 11.1 Å². The van der Waals surface area contributed by atoms with Crippen molar-refractivity contribution in [2.24, 2.45) is 0 Å². The third kappa shape index (κ3) is 2.58. The lowest BCUT2D eigenvalue weighted by molar-refractivity contribution is 0.220. The molecule has 0 spiro atoms. The van der Waals surface area contributed by atoms with Crippen LogP contribution in [0.15, 0.2) is 73.3 Å². The summed E-state index contributed by atoms with van der Waals surface area (Å²) in [5.41, 5.74) is 3.77. The first-order chi connectivity index (χ1) is 9.84. The predicted molar refractivity (Wildman–Crippen MR) is 78.0 cm³/mol. The normalized spacial score (nSPS) is 12.1. The van der Waals surface area contributed by atoms with Gasteiger partial charge in [0.05, 0.1) is 0 Å². The lowest BCUT2D eigenvalue weighted by atomic mass is 9.99. The van der Waals surface area contributed by atoms with Crippen LogP contribution in [0.25, 0.3) is 11.1 Å². The lowest BCUT2D eigenvalue weighted by Crippen LogP contribution is -1.98. The van der Waals surface area contributed by atoms with E-state index in [0.717, 1.165) is 22.3 Å². The maximum atomic E-state index is 10.3. The molecule has 0 saturated heterocycles. The number of aliphatic hydroxyl groups excluding tert-OH is 1. The molecule has 1 unspecified atom stereocenters. The molecule has 1 aromatic heterocycles. The summed E-state index contributed by atoms with van der Waals surface area (Å²) in [5, 5.41) is 10.3. The van der Waals surface area contributed by atoms with Crippen LogP contribution < -0.4 is 0 Å². The average molecular weight is 262 g/mol. The van der Waals surface area contributed by atoms with Gasteiger partial charge in [-0.1, -0.05) is 54.6 Å². The Morgan fingerprint density at radius 2 is 1.30 bits per heavy atom. The van der Waals surface area contributed by atoms with Crippen molar-refractivity contribution in [1.82, 2.24) is 9.97 Å². The summed E-state index contributed by atoms with van der Waals surface area (Å²) in [5.74, 6) is 0. The average Bonchev–Trinajstić information content (AvgIpc) is 2.56. The number of benzene rings is 2. The molecule has 0 fully saturated rings. The Bertz CT molecular complexity index is 666. The zero-order valence-electron chi connectivity index (χ0n) is 10.8. The summed E-state index contributed by atoms with van der Waals surface area (Å²) < 4.78 is 0. The molecule has 98 valence electrons. The van der Waals surface area contributed by atoms with Crippen molar-refractivity contribution in [1.29, 1.82) is 0 Å². The van der Waals surface area contributed by atoms with Gasteiger partial charge >= 0.3 is 0 Å². The van der Waals surface area contributed by atoms with E-state index in [0.29, 0.717) is 0 Å². The minimum atomic E-state index is -0.600. The van der Waals surface area contributed by atoms with Gasteiger partial charge in [-0.05, 0) is 16.7 Å². The van der Waals surface area contributed by atoms with E-state index in [1.807, 2.05) is 54.6 Å². The van der Waals surface area contributed by atoms with Crippen molar-refractivity contribution in [3.05, 3.63) is 84.4 Å². The van der Waals surface area contributed by atoms with E-state index < -0.39 is 6.10 Å². The van der Waals surface area contributed by atoms with E-state index in [1.54, 1.807) is 12.4 Å². The molecule has 0 radical (unpaired) electrons. The molecule has 0 amide bonds. The number of nitrogens with zero attached hydrogens (tertiary/aromatic N) is 2. The van der Waals surface area contributed by atoms with Crippen LogP contribution in [-0.4, -0.2) is 15.1 Å². The molecular weight excluding hydrogens is 248 g/mol. The molecule has 3 aromatic rings. The molecule has 1 atom stereocenters. The van der Waals surface area contributed by atoms with E-state index in [9.17, 15) is 5.11 Å². The van der Waals surface area contributed by atoms with Crippen LogP contribution in [0.1, 0.15) is 17.2 Å². The van der Waals surface area contributed by atoms with Crippen LogP contribution in [0.2, 0.25) is 0 Å². The van der Waals surface area contributed by atoms with Gasteiger partial charge in [-0.15, -0.1) is 0 Å². The Hall–Kier alpha value is -2.52. The van der Waals surface area contributed by atoms with Gasteiger partial charge in [-0.25, -0.2) is 9.97 Å². The van der Waals surface area contributed by atoms with Gasteiger partial charge < -0.3 is 5.11 Å². The van der Waals surface area contributed by atoms with E-state index in [1.165, 1.54) is 6.33 Å². The van der Waals surface area contributed by atoms with Crippen molar-refractivity contribution in [2.75, 3.05) is 0 Å². The van der Waals surface area contributed by atoms with Crippen LogP contribution in [0.4, 0.5) is 0 Å². The largest absolute Gasteiger partial charge is 0.384 e. The number of aliphatic hydroxyl groups is 1. The number of hydrogen-bond acceptors (Lipinski definition) is 3. The summed E-state index contributed by atoms with van der Waals surface area (Å²) in [7, 11) is 0. The van der Waals surface area contributed by atoms with Gasteiger partial charge in [0.15, 0.2) is 0 Å². The highest BCUT2D eigenvalue weighted by Crippen LogP contribution is 2.24. The second-order valence-corrected chi connectivity index (χ2v) is 4.56. The zero-order valence-corrected chi connectivity index (χ0v) is 10.8. The van der Waals surface area contributed by atoms with E-state index in [4.69, 9.17) is 0 Å². The topological polar surface area (TPSA) is 46.0 Å². The van der Waals surface area contributed by atoms with Crippen LogP contribution in [-0.2, 0) is 0 Å². The molecule has 0 aliphatic rings. The molecule has 0 saturated carbocycles. The summed E-state index contributed by atoms with van der Waals surface area (Å²) in [4.78, 5) is 8.01. The molecule has 1 N–H and O–H groups in total. The molecule has 3 heteroatoms. The fourth-order valence-corrected chi connectivity index (χ4v) is 2.13. The van der Waals surface area contributed by atoms with Crippen LogP contribution >= 0.6 is 0 Å². The van der Waals surface area contributed by atoms with Gasteiger partial charge in [0, 0.05) is 18.0 Å². The fraction of sp³-hybridized carbons (Fsp3) is 0.0588. The van der Waals surface area contributed by atoms with Gasteiger partial charge in [0.25, 0.3) is 0 Å². The zero-order chi connectivity index (χ0) is 13.8. The first-order valence-corrected chi connectivity index (χ1v) is 6.43. The quantitative estimate of drug-likeness (QED) is 0.788. The highest BCUT2D eigenvalue weighted by Gasteiger charge is 2.09. The maximum absolute atomic E-state index is 10.3. The first-order valence-electron chi connectivity index (χ1n) is 6.43. The highest BCUT2D eigenvalue weighted by atomic mass is 16.3. The molecule has 0 aliphatic heterocycles. The van der Waals surface area contributed by atoms with Crippen molar-refractivity contribution in [2.45, 2.75) is 6.10 Å². The van der Waals surface area contributed by atoms with Crippen LogP contribution in [0, 0.1) is 0 Å². The maximum Gasteiger partial charge on any atom is 0.115 e. The monoisotopic (exact) mass is 262 g/mol. The van der Waals surface area contributed by atoms with Gasteiger partial charge in [-0.2, -0.15) is 0 Å². The van der Waals surface area contributed by atoms with Gasteiger partial charge in [0.1, 0.15) is 12.4 Å². The number of aromatic nitrogens is 2. The van der Waals surface area contributed by atoms with Crippen LogP contribution in [0.3, 0.4) is 0 Å². The molecule has 20 heavy (non-hydrogen) atoms. The molecule has 2 aromatic carbocycles. The summed E-state index contributed by atoms with van der Waals surface area (Å²) in [6.45, 7) is 0. The minimum absolute atomic E-state index is 0.600. The number of hydrogen-bond donors (Lipinski definition) is 1. The standard InChI is InChI=1S/C17H14N2O/c20-17(14-4-2-1-3-5-14)15-8-6-13(7-9-15)16-10-18-12-19-11-16/h1-12,17,20H.